The highest BCUT2D eigenvalue weighted by Gasteiger charge is 2.41. The van der Waals surface area contributed by atoms with Gasteiger partial charge >= 0.3 is 0 Å². The van der Waals surface area contributed by atoms with Gasteiger partial charge in [0.15, 0.2) is 0 Å². The van der Waals surface area contributed by atoms with E-state index in [1.54, 1.807) is 11.3 Å². The Morgan fingerprint density at radius 1 is 1.36 bits per heavy atom. The first-order chi connectivity index (χ1) is 10.1. The molecule has 6 heteroatoms. The van der Waals surface area contributed by atoms with E-state index >= 15 is 0 Å². The zero-order valence-corrected chi connectivity index (χ0v) is 14.6. The zero-order chi connectivity index (χ0) is 14.9. The maximum Gasteiger partial charge on any atom is 0.242 e. The van der Waals surface area contributed by atoms with Crippen LogP contribution in [0, 0.1) is 0 Å². The van der Waals surface area contributed by atoms with Crippen LogP contribution in [0.5, 0.6) is 0 Å². The number of rotatable bonds is 2. The van der Waals surface area contributed by atoms with E-state index in [0.29, 0.717) is 13.1 Å². The average molecular weight is 345 g/mol. The molecule has 3 rings (SSSR count). The molecule has 2 N–H and O–H groups in total. The quantitative estimate of drug-likeness (QED) is 0.896. The standard InChI is InChI=1S/C16H24N2O2S.ClH/c1-12-9-18(10-14(20-12)13-5-8-21-11-13)15(19)16(17)6-3-2-4-7-16;/h5,8,11-12,14H,2-4,6-7,9-10,17H2,1H3;1H. The van der Waals surface area contributed by atoms with Crippen molar-refractivity contribution < 1.29 is 9.53 Å². The highest BCUT2D eigenvalue weighted by Crippen LogP contribution is 2.32. The zero-order valence-electron chi connectivity index (χ0n) is 13.0. The van der Waals surface area contributed by atoms with Crippen molar-refractivity contribution in [3.05, 3.63) is 22.4 Å². The van der Waals surface area contributed by atoms with Gasteiger partial charge in [0.25, 0.3) is 0 Å². The number of nitrogens with two attached hydrogens (primary N) is 1. The van der Waals surface area contributed by atoms with Gasteiger partial charge in [0.1, 0.15) is 6.10 Å². The lowest BCUT2D eigenvalue weighted by Crippen LogP contribution is -2.59. The van der Waals surface area contributed by atoms with Gasteiger partial charge in [-0.1, -0.05) is 19.3 Å². The Morgan fingerprint density at radius 3 is 2.73 bits per heavy atom. The summed E-state index contributed by atoms with van der Waals surface area (Å²) in [6, 6.07) is 2.08. The van der Waals surface area contributed by atoms with Gasteiger partial charge < -0.3 is 15.4 Å². The molecular formula is C16H25ClN2O2S. The van der Waals surface area contributed by atoms with E-state index in [0.717, 1.165) is 25.7 Å². The van der Waals surface area contributed by atoms with Gasteiger partial charge in [-0.25, -0.2) is 0 Å². The molecule has 1 aromatic heterocycles. The van der Waals surface area contributed by atoms with Crippen LogP contribution in [0.25, 0.3) is 0 Å². The number of nitrogens with zero attached hydrogens (tertiary/aromatic N) is 1. The number of halogens is 1. The van der Waals surface area contributed by atoms with Crippen LogP contribution in [0.3, 0.4) is 0 Å². The molecule has 124 valence electrons. The number of carbonyl (C=O) groups is 1. The molecule has 2 fully saturated rings. The normalized spacial score (nSPS) is 28.0. The summed E-state index contributed by atoms with van der Waals surface area (Å²) >= 11 is 1.66. The molecule has 0 spiro atoms. The Balaban J connectivity index is 0.00000176. The Kier molecular flexibility index (Phi) is 5.88. The first-order valence-corrected chi connectivity index (χ1v) is 8.78. The van der Waals surface area contributed by atoms with E-state index < -0.39 is 5.54 Å². The third-order valence-corrected chi connectivity index (χ3v) is 5.34. The Hall–Kier alpha value is -0.620. The Bertz CT molecular complexity index is 488. The predicted octanol–water partition coefficient (Wildman–Crippen LogP) is 3.12. The van der Waals surface area contributed by atoms with E-state index in [1.165, 1.54) is 12.0 Å². The van der Waals surface area contributed by atoms with E-state index in [1.807, 2.05) is 11.8 Å². The molecule has 1 aliphatic heterocycles. The van der Waals surface area contributed by atoms with Crippen LogP contribution in [-0.4, -0.2) is 35.5 Å². The number of morpholine rings is 1. The molecule has 22 heavy (non-hydrogen) atoms. The smallest absolute Gasteiger partial charge is 0.242 e. The van der Waals surface area contributed by atoms with E-state index in [2.05, 4.69) is 16.8 Å². The van der Waals surface area contributed by atoms with Crippen LogP contribution >= 0.6 is 23.7 Å². The van der Waals surface area contributed by atoms with Gasteiger partial charge in [-0.3, -0.25) is 4.79 Å². The highest BCUT2D eigenvalue weighted by atomic mass is 35.5. The lowest BCUT2D eigenvalue weighted by Gasteiger charge is -2.42. The third-order valence-electron chi connectivity index (χ3n) is 4.63. The molecule has 0 bridgehead atoms. The molecule has 2 atom stereocenters. The van der Waals surface area contributed by atoms with Crippen molar-refractivity contribution in [1.29, 1.82) is 0 Å². The number of hydrogen-bond donors (Lipinski definition) is 1. The fraction of sp³-hybridized carbons (Fsp3) is 0.688. The maximum atomic E-state index is 12.9. The summed E-state index contributed by atoms with van der Waals surface area (Å²) in [6.45, 7) is 3.31. The van der Waals surface area contributed by atoms with Crippen molar-refractivity contribution in [2.45, 2.75) is 56.8 Å². The molecule has 0 radical (unpaired) electrons. The fourth-order valence-electron chi connectivity index (χ4n) is 3.47. The summed E-state index contributed by atoms with van der Waals surface area (Å²) in [4.78, 5) is 14.8. The largest absolute Gasteiger partial charge is 0.367 e. The van der Waals surface area contributed by atoms with Crippen molar-refractivity contribution in [3.8, 4) is 0 Å². The number of thiophene rings is 1. The fourth-order valence-corrected chi connectivity index (χ4v) is 4.17. The minimum absolute atomic E-state index is 0. The predicted molar refractivity (Wildman–Crippen MR) is 91.4 cm³/mol. The van der Waals surface area contributed by atoms with Crippen molar-refractivity contribution in [2.75, 3.05) is 13.1 Å². The summed E-state index contributed by atoms with van der Waals surface area (Å²) in [7, 11) is 0. The highest BCUT2D eigenvalue weighted by molar-refractivity contribution is 7.07. The summed E-state index contributed by atoms with van der Waals surface area (Å²) in [5, 5.41) is 4.15. The number of amides is 1. The van der Waals surface area contributed by atoms with Gasteiger partial charge in [-0.15, -0.1) is 12.4 Å². The number of carbonyl (C=O) groups excluding carboxylic acids is 1. The van der Waals surface area contributed by atoms with Crippen LogP contribution in [-0.2, 0) is 9.53 Å². The molecule has 0 aromatic carbocycles. The molecule has 1 aliphatic carbocycles. The van der Waals surface area contributed by atoms with E-state index in [9.17, 15) is 4.79 Å². The van der Waals surface area contributed by atoms with Crippen molar-refractivity contribution in [2.24, 2.45) is 5.73 Å². The molecule has 1 saturated heterocycles. The van der Waals surface area contributed by atoms with E-state index in [4.69, 9.17) is 10.5 Å². The van der Waals surface area contributed by atoms with Crippen LogP contribution in [0.15, 0.2) is 16.8 Å². The molecule has 2 heterocycles. The van der Waals surface area contributed by atoms with Crippen molar-refractivity contribution >= 4 is 29.7 Å². The van der Waals surface area contributed by atoms with Crippen molar-refractivity contribution in [1.82, 2.24) is 4.90 Å². The summed E-state index contributed by atoms with van der Waals surface area (Å²) in [5.41, 5.74) is 6.93. The van der Waals surface area contributed by atoms with Crippen molar-refractivity contribution in [3.63, 3.8) is 0 Å². The second-order valence-electron chi connectivity index (χ2n) is 6.42. The lowest BCUT2D eigenvalue weighted by molar-refractivity contribution is -0.151. The van der Waals surface area contributed by atoms with Gasteiger partial charge in [-0.05, 0) is 42.2 Å². The number of hydrogen-bond acceptors (Lipinski definition) is 4. The Morgan fingerprint density at radius 2 is 2.09 bits per heavy atom. The SMILES string of the molecule is CC1CN(C(=O)C2(N)CCCCC2)CC(c2ccsc2)O1.Cl. The van der Waals surface area contributed by atoms with Gasteiger partial charge in [-0.2, -0.15) is 11.3 Å². The van der Waals surface area contributed by atoms with Crippen LogP contribution in [0.4, 0.5) is 0 Å². The minimum atomic E-state index is -0.644. The van der Waals surface area contributed by atoms with Gasteiger partial charge in [0.2, 0.25) is 5.91 Å². The first-order valence-electron chi connectivity index (χ1n) is 7.84. The van der Waals surface area contributed by atoms with Crippen LogP contribution < -0.4 is 5.73 Å². The molecule has 2 aliphatic rings. The third kappa shape index (κ3) is 3.65. The van der Waals surface area contributed by atoms with Crippen LogP contribution in [0.2, 0.25) is 0 Å². The monoisotopic (exact) mass is 344 g/mol. The lowest BCUT2D eigenvalue weighted by atomic mass is 9.81. The maximum absolute atomic E-state index is 12.9. The molecular weight excluding hydrogens is 320 g/mol. The van der Waals surface area contributed by atoms with Crippen LogP contribution in [0.1, 0.15) is 50.7 Å². The number of ether oxygens (including phenoxy) is 1. The Labute approximate surface area is 142 Å². The van der Waals surface area contributed by atoms with E-state index in [-0.39, 0.29) is 30.5 Å². The average Bonchev–Trinajstić information content (AvgIpc) is 3.01. The summed E-state index contributed by atoms with van der Waals surface area (Å²) in [6.07, 6.45) is 5.01. The second kappa shape index (κ2) is 7.30. The summed E-state index contributed by atoms with van der Waals surface area (Å²) in [5.74, 6) is 0.123. The minimum Gasteiger partial charge on any atom is -0.367 e. The molecule has 2 unspecified atom stereocenters. The topological polar surface area (TPSA) is 55.6 Å². The second-order valence-corrected chi connectivity index (χ2v) is 7.20. The molecule has 4 nitrogen and oxygen atoms in total. The molecule has 1 amide bonds. The van der Waals surface area contributed by atoms with Gasteiger partial charge in [0.05, 0.1) is 18.2 Å². The summed E-state index contributed by atoms with van der Waals surface area (Å²) < 4.78 is 6.00. The van der Waals surface area contributed by atoms with Gasteiger partial charge in [0, 0.05) is 6.54 Å². The first kappa shape index (κ1) is 17.7. The molecule has 1 saturated carbocycles. The molecule has 1 aromatic rings.